The first-order valence-corrected chi connectivity index (χ1v) is 3.31. The third-order valence-electron chi connectivity index (χ3n) is 1.52. The number of H-pyrrole nitrogens is 2. The van der Waals surface area contributed by atoms with Crippen molar-refractivity contribution in [3.8, 4) is 0 Å². The summed E-state index contributed by atoms with van der Waals surface area (Å²) < 4.78 is 0. The third-order valence-corrected chi connectivity index (χ3v) is 1.52. The fourth-order valence-electron chi connectivity index (χ4n) is 0.950. The first-order chi connectivity index (χ1) is 4.75. The number of hydrogen-bond acceptors (Lipinski definition) is 1. The number of quaternary nitrogens is 1. The monoisotopic (exact) mass is 142 g/mol. The number of aryl methyl sites for hydroxylation is 1. The topological polar surface area (TPSA) is 76.3 Å². The van der Waals surface area contributed by atoms with Gasteiger partial charge in [0, 0.05) is 17.7 Å². The highest BCUT2D eigenvalue weighted by molar-refractivity contribution is 5.14. The Kier molecular flexibility index (Phi) is 1.91. The van der Waals surface area contributed by atoms with Gasteiger partial charge in [-0.2, -0.15) is 0 Å². The molecule has 0 saturated heterocycles. The summed E-state index contributed by atoms with van der Waals surface area (Å²) in [6, 6.07) is 0. The van der Waals surface area contributed by atoms with E-state index in [2.05, 4.69) is 15.9 Å². The fraction of sp³-hybridized carbons (Fsp3) is 0.500. The van der Waals surface area contributed by atoms with E-state index in [4.69, 9.17) is 0 Å². The highest BCUT2D eigenvalue weighted by Gasteiger charge is 2.03. The first kappa shape index (κ1) is 7.08. The van der Waals surface area contributed by atoms with Crippen molar-refractivity contribution in [3.63, 3.8) is 0 Å². The minimum atomic E-state index is -0.0128. The molecule has 0 aromatic carbocycles. The molecule has 0 aliphatic rings. The summed E-state index contributed by atoms with van der Waals surface area (Å²) >= 11 is 0. The van der Waals surface area contributed by atoms with Crippen LogP contribution in [0.3, 0.4) is 0 Å². The molecule has 4 nitrogen and oxygen atoms in total. The Morgan fingerprint density at radius 1 is 1.50 bits per heavy atom. The zero-order valence-electron chi connectivity index (χ0n) is 6.03. The lowest BCUT2D eigenvalue weighted by Gasteiger charge is -1.88. The molecule has 0 spiro atoms. The molecule has 0 radical (unpaired) electrons. The van der Waals surface area contributed by atoms with Crippen LogP contribution in [0.2, 0.25) is 0 Å². The molecule has 1 heterocycles. The van der Waals surface area contributed by atoms with Crippen molar-refractivity contribution in [2.24, 2.45) is 0 Å². The molecule has 0 fully saturated rings. The predicted molar refractivity (Wildman–Crippen MR) is 37.6 cm³/mol. The molecular formula is C6H12N3O+. The molecule has 56 valence electrons. The standard InChI is InChI=1S/C6H11N3O/c1-4-5(2-3-7)6(10)9-8-4/h2-3,7H2,1H3,(H2,8,9,10)/p+1. The normalized spacial score (nSPS) is 10.2. The highest BCUT2D eigenvalue weighted by Crippen LogP contribution is 1.95. The van der Waals surface area contributed by atoms with E-state index in [9.17, 15) is 4.79 Å². The number of aromatic nitrogens is 2. The maximum Gasteiger partial charge on any atom is 0.267 e. The van der Waals surface area contributed by atoms with Crippen molar-refractivity contribution >= 4 is 0 Å². The van der Waals surface area contributed by atoms with Gasteiger partial charge < -0.3 is 10.8 Å². The molecule has 0 bridgehead atoms. The average Bonchev–Trinajstić information content (AvgIpc) is 2.20. The molecular weight excluding hydrogens is 130 g/mol. The summed E-state index contributed by atoms with van der Waals surface area (Å²) in [5, 5.41) is 5.27. The van der Waals surface area contributed by atoms with Gasteiger partial charge in [0.05, 0.1) is 6.54 Å². The molecule has 0 amide bonds. The van der Waals surface area contributed by atoms with Crippen molar-refractivity contribution in [3.05, 3.63) is 21.6 Å². The van der Waals surface area contributed by atoms with Gasteiger partial charge in [-0.1, -0.05) is 0 Å². The molecule has 1 aromatic heterocycles. The lowest BCUT2D eigenvalue weighted by Crippen LogP contribution is -2.51. The molecule has 0 aliphatic heterocycles. The molecule has 0 unspecified atom stereocenters. The summed E-state index contributed by atoms with van der Waals surface area (Å²) in [6.07, 6.45) is 0.755. The summed E-state index contributed by atoms with van der Waals surface area (Å²) in [6.45, 7) is 2.64. The van der Waals surface area contributed by atoms with Gasteiger partial charge in [0.2, 0.25) is 0 Å². The molecule has 5 N–H and O–H groups in total. The average molecular weight is 142 g/mol. The van der Waals surface area contributed by atoms with Crippen LogP contribution < -0.4 is 11.3 Å². The SMILES string of the molecule is Cc1[nH][nH]c(=O)c1CC[NH3+]. The molecule has 1 rings (SSSR count). The van der Waals surface area contributed by atoms with Crippen LogP contribution in [-0.4, -0.2) is 16.7 Å². The van der Waals surface area contributed by atoms with Crippen LogP contribution in [0.4, 0.5) is 0 Å². The highest BCUT2D eigenvalue weighted by atomic mass is 16.1. The van der Waals surface area contributed by atoms with E-state index in [0.717, 1.165) is 24.2 Å². The van der Waals surface area contributed by atoms with Gasteiger partial charge in [0.1, 0.15) is 0 Å². The van der Waals surface area contributed by atoms with Crippen LogP contribution in [0, 0.1) is 6.92 Å². The van der Waals surface area contributed by atoms with Crippen LogP contribution in [0.1, 0.15) is 11.3 Å². The number of aromatic amines is 2. The second-order valence-corrected chi connectivity index (χ2v) is 2.29. The second kappa shape index (κ2) is 2.70. The minimum absolute atomic E-state index is 0.0128. The van der Waals surface area contributed by atoms with Gasteiger partial charge in [0.15, 0.2) is 0 Å². The van der Waals surface area contributed by atoms with Gasteiger partial charge in [-0.3, -0.25) is 9.89 Å². The van der Waals surface area contributed by atoms with Gasteiger partial charge in [-0.25, -0.2) is 0 Å². The Bertz CT molecular complexity index is 260. The summed E-state index contributed by atoms with van der Waals surface area (Å²) in [4.78, 5) is 10.9. The second-order valence-electron chi connectivity index (χ2n) is 2.29. The maximum atomic E-state index is 10.9. The van der Waals surface area contributed by atoms with E-state index in [-0.39, 0.29) is 5.56 Å². The molecule has 0 atom stereocenters. The van der Waals surface area contributed by atoms with Crippen LogP contribution in [0.5, 0.6) is 0 Å². The number of rotatable bonds is 2. The summed E-state index contributed by atoms with van der Waals surface area (Å²) in [5.74, 6) is 0. The lowest BCUT2D eigenvalue weighted by atomic mass is 10.2. The molecule has 1 aromatic rings. The van der Waals surface area contributed by atoms with Gasteiger partial charge in [-0.05, 0) is 6.92 Å². The fourth-order valence-corrected chi connectivity index (χ4v) is 0.950. The lowest BCUT2D eigenvalue weighted by molar-refractivity contribution is -0.366. The van der Waals surface area contributed by atoms with Crippen LogP contribution in [-0.2, 0) is 6.42 Å². The Morgan fingerprint density at radius 2 is 2.20 bits per heavy atom. The predicted octanol–water partition coefficient (Wildman–Crippen LogP) is -1.20. The van der Waals surface area contributed by atoms with Crippen molar-refractivity contribution in [1.82, 2.24) is 10.2 Å². The van der Waals surface area contributed by atoms with E-state index in [1.165, 1.54) is 0 Å². The Balaban J connectivity index is 2.99. The van der Waals surface area contributed by atoms with E-state index in [1.54, 1.807) is 0 Å². The quantitative estimate of drug-likeness (QED) is 0.476. The number of nitrogens with one attached hydrogen (secondary N) is 2. The van der Waals surface area contributed by atoms with Crippen LogP contribution in [0.15, 0.2) is 4.79 Å². The third kappa shape index (κ3) is 1.11. The first-order valence-electron chi connectivity index (χ1n) is 3.31. The van der Waals surface area contributed by atoms with Crippen molar-refractivity contribution in [1.29, 1.82) is 0 Å². The van der Waals surface area contributed by atoms with Gasteiger partial charge in [-0.15, -0.1) is 0 Å². The molecule has 4 heteroatoms. The van der Waals surface area contributed by atoms with Crippen LogP contribution in [0.25, 0.3) is 0 Å². The largest absolute Gasteiger partial charge is 0.357 e. The summed E-state index contributed by atoms with van der Waals surface area (Å²) in [5.41, 5.74) is 5.42. The van der Waals surface area contributed by atoms with Gasteiger partial charge in [0.25, 0.3) is 5.56 Å². The van der Waals surface area contributed by atoms with Crippen molar-refractivity contribution in [2.75, 3.05) is 6.54 Å². The maximum absolute atomic E-state index is 10.9. The molecule has 0 saturated carbocycles. The van der Waals surface area contributed by atoms with E-state index in [1.807, 2.05) is 6.92 Å². The van der Waals surface area contributed by atoms with E-state index in [0.29, 0.717) is 0 Å². The summed E-state index contributed by atoms with van der Waals surface area (Å²) in [7, 11) is 0. The molecule has 10 heavy (non-hydrogen) atoms. The Hall–Kier alpha value is -1.03. The smallest absolute Gasteiger partial charge is 0.267 e. The van der Waals surface area contributed by atoms with Crippen LogP contribution >= 0.6 is 0 Å². The van der Waals surface area contributed by atoms with Gasteiger partial charge >= 0.3 is 0 Å². The Morgan fingerprint density at radius 3 is 2.60 bits per heavy atom. The molecule has 0 aliphatic carbocycles. The number of hydrogen-bond donors (Lipinski definition) is 3. The zero-order chi connectivity index (χ0) is 7.56. The van der Waals surface area contributed by atoms with Crippen molar-refractivity contribution in [2.45, 2.75) is 13.3 Å². The minimum Gasteiger partial charge on any atom is -0.357 e. The van der Waals surface area contributed by atoms with E-state index >= 15 is 0 Å². The van der Waals surface area contributed by atoms with E-state index < -0.39 is 0 Å². The Labute approximate surface area is 58.4 Å². The zero-order valence-corrected chi connectivity index (χ0v) is 6.03. The van der Waals surface area contributed by atoms with Crippen molar-refractivity contribution < 1.29 is 5.73 Å².